The quantitative estimate of drug-likeness (QED) is 0.464. The first kappa shape index (κ1) is 26.8. The third-order valence-corrected chi connectivity index (χ3v) is 6.95. The average molecular weight is 516 g/mol. The molecule has 3 heterocycles. The molecule has 35 heavy (non-hydrogen) atoms. The lowest BCUT2D eigenvalue weighted by Crippen LogP contribution is -2.33. The molecule has 3 aromatic rings. The zero-order valence-electron chi connectivity index (χ0n) is 20.6. The molecule has 1 aliphatic rings. The monoisotopic (exact) mass is 515 g/mol. The molecule has 1 amide bonds. The number of fused-ring (bicyclic) bond motifs is 1. The number of aryl methyl sites for hydroxylation is 1. The normalized spacial score (nSPS) is 14.1. The lowest BCUT2D eigenvalue weighted by atomic mass is 10.1. The summed E-state index contributed by atoms with van der Waals surface area (Å²) in [5.41, 5.74) is 2.67. The van der Waals surface area contributed by atoms with E-state index in [2.05, 4.69) is 51.9 Å². The number of ether oxygens (including phenoxy) is 2. The first-order valence-electron chi connectivity index (χ1n) is 11.4. The van der Waals surface area contributed by atoms with E-state index in [0.29, 0.717) is 31.0 Å². The summed E-state index contributed by atoms with van der Waals surface area (Å²) in [4.78, 5) is 26.9. The molecule has 0 aliphatic carbocycles. The smallest absolute Gasteiger partial charge is 0.318 e. The van der Waals surface area contributed by atoms with Gasteiger partial charge in [0.2, 0.25) is 0 Å². The van der Waals surface area contributed by atoms with Gasteiger partial charge in [0.1, 0.15) is 23.2 Å². The predicted octanol–water partition coefficient (Wildman–Crippen LogP) is 3.79. The van der Waals surface area contributed by atoms with Gasteiger partial charge >= 0.3 is 6.01 Å². The zero-order chi connectivity index (χ0) is 24.1. The number of anilines is 1. The van der Waals surface area contributed by atoms with Gasteiger partial charge in [0.05, 0.1) is 7.11 Å². The number of carbonyl (C=O) groups is 1. The summed E-state index contributed by atoms with van der Waals surface area (Å²) in [6.45, 7) is 4.72. The summed E-state index contributed by atoms with van der Waals surface area (Å²) in [6, 6.07) is 10.5. The third-order valence-electron chi connectivity index (χ3n) is 5.98. The highest BCUT2D eigenvalue weighted by atomic mass is 32.1. The molecule has 0 saturated heterocycles. The number of benzene rings is 1. The topological polar surface area (TPSA) is 79.8 Å². The van der Waals surface area contributed by atoms with Gasteiger partial charge in [0.15, 0.2) is 0 Å². The molecule has 0 radical (unpaired) electrons. The summed E-state index contributed by atoms with van der Waals surface area (Å²) in [5, 5.41) is 5.28. The maximum Gasteiger partial charge on any atom is 0.318 e. The van der Waals surface area contributed by atoms with Crippen molar-refractivity contribution in [2.24, 2.45) is 0 Å². The van der Waals surface area contributed by atoms with Crippen molar-refractivity contribution in [3.8, 4) is 11.8 Å². The van der Waals surface area contributed by atoms with Gasteiger partial charge in [-0.1, -0.05) is 12.1 Å². The van der Waals surface area contributed by atoms with Crippen LogP contribution in [0.25, 0.3) is 0 Å². The molecule has 0 unspecified atom stereocenters. The molecular formula is C25H33N5O3S2. The van der Waals surface area contributed by atoms with Crippen LogP contribution in [-0.2, 0) is 6.54 Å². The van der Waals surface area contributed by atoms with Crippen LogP contribution in [0.3, 0.4) is 0 Å². The Morgan fingerprint density at radius 3 is 2.77 bits per heavy atom. The highest BCUT2D eigenvalue weighted by Crippen LogP contribution is 2.30. The fourth-order valence-corrected chi connectivity index (χ4v) is 4.78. The van der Waals surface area contributed by atoms with E-state index in [1.54, 1.807) is 17.5 Å². The molecule has 0 saturated carbocycles. The predicted molar refractivity (Wildman–Crippen MR) is 144 cm³/mol. The molecule has 1 aromatic carbocycles. The SMILES string of the molecule is CNCC[C@H](Oc1ccc(CN2CCN(C)c3nc(OC)ncc3C2=O)c(C)c1)c1cccs1.S. The van der Waals surface area contributed by atoms with Crippen molar-refractivity contribution in [1.29, 1.82) is 0 Å². The number of carbonyl (C=O) groups excluding carboxylic acids is 1. The van der Waals surface area contributed by atoms with Crippen LogP contribution in [0.1, 0.15) is 38.9 Å². The van der Waals surface area contributed by atoms with Gasteiger partial charge in [-0.15, -0.1) is 11.3 Å². The van der Waals surface area contributed by atoms with Crippen molar-refractivity contribution in [1.82, 2.24) is 20.2 Å². The molecule has 0 spiro atoms. The van der Waals surface area contributed by atoms with Crippen molar-refractivity contribution in [3.05, 3.63) is 63.5 Å². The number of thiophene rings is 1. The largest absolute Gasteiger partial charge is 0.485 e. The number of likely N-dealkylation sites (N-methyl/N-ethyl adjacent to an activating group) is 1. The Morgan fingerprint density at radius 2 is 2.09 bits per heavy atom. The maximum atomic E-state index is 13.3. The highest BCUT2D eigenvalue weighted by Gasteiger charge is 2.27. The Bertz CT molecular complexity index is 1130. The average Bonchev–Trinajstić information content (AvgIpc) is 3.36. The fraction of sp³-hybridized carbons (Fsp3) is 0.400. The lowest BCUT2D eigenvalue weighted by molar-refractivity contribution is 0.0754. The van der Waals surface area contributed by atoms with Crippen LogP contribution in [0.4, 0.5) is 5.82 Å². The maximum absolute atomic E-state index is 13.3. The van der Waals surface area contributed by atoms with Crippen LogP contribution < -0.4 is 19.7 Å². The first-order chi connectivity index (χ1) is 16.5. The molecule has 1 atom stereocenters. The van der Waals surface area contributed by atoms with Crippen molar-refractivity contribution in [3.63, 3.8) is 0 Å². The second-order valence-electron chi connectivity index (χ2n) is 8.34. The van der Waals surface area contributed by atoms with E-state index in [9.17, 15) is 4.79 Å². The zero-order valence-corrected chi connectivity index (χ0v) is 22.4. The summed E-state index contributed by atoms with van der Waals surface area (Å²) in [7, 11) is 5.40. The van der Waals surface area contributed by atoms with E-state index in [-0.39, 0.29) is 31.5 Å². The lowest BCUT2D eigenvalue weighted by Gasteiger charge is -2.23. The Morgan fingerprint density at radius 1 is 1.26 bits per heavy atom. The Hall–Kier alpha value is -2.82. The van der Waals surface area contributed by atoms with E-state index in [4.69, 9.17) is 9.47 Å². The number of hydrogen-bond donors (Lipinski definition) is 1. The number of rotatable bonds is 9. The number of hydrogen-bond acceptors (Lipinski definition) is 8. The van der Waals surface area contributed by atoms with Crippen LogP contribution in [0.5, 0.6) is 11.8 Å². The summed E-state index contributed by atoms with van der Waals surface area (Å²) in [6.07, 6.45) is 2.45. The molecule has 1 aliphatic heterocycles. The van der Waals surface area contributed by atoms with E-state index in [1.807, 2.05) is 30.0 Å². The van der Waals surface area contributed by atoms with Crippen molar-refractivity contribution in [2.45, 2.75) is 26.0 Å². The highest BCUT2D eigenvalue weighted by molar-refractivity contribution is 7.59. The van der Waals surface area contributed by atoms with Crippen molar-refractivity contribution < 1.29 is 14.3 Å². The third kappa shape index (κ3) is 6.25. The molecular weight excluding hydrogens is 482 g/mol. The minimum absolute atomic E-state index is 0. The van der Waals surface area contributed by atoms with Gasteiger partial charge in [-0.25, -0.2) is 4.98 Å². The standard InChI is InChI=1S/C25H31N5O3S.H2S/c1-17-14-19(33-21(9-10-26-2)22-6-5-13-34-22)8-7-18(17)16-30-12-11-29(3)23-20(24(30)31)15-27-25(28-23)32-4;/h5-8,13-15,21,26H,9-12,16H2,1-4H3;1H2/t21-;/m0./s1. The molecule has 2 aromatic heterocycles. The van der Waals surface area contributed by atoms with Gasteiger partial charge in [0.25, 0.3) is 5.91 Å². The minimum Gasteiger partial charge on any atom is -0.485 e. The summed E-state index contributed by atoms with van der Waals surface area (Å²) < 4.78 is 11.5. The van der Waals surface area contributed by atoms with Crippen LogP contribution in [-0.4, -0.2) is 61.6 Å². The molecule has 10 heteroatoms. The molecule has 0 bridgehead atoms. The number of aromatic nitrogens is 2. The van der Waals surface area contributed by atoms with E-state index in [1.165, 1.54) is 12.0 Å². The van der Waals surface area contributed by atoms with E-state index < -0.39 is 0 Å². The number of nitrogens with one attached hydrogen (secondary N) is 1. The van der Waals surface area contributed by atoms with Gasteiger partial charge in [-0.05, 0) is 55.2 Å². The van der Waals surface area contributed by atoms with Gasteiger partial charge in [-0.3, -0.25) is 4.79 Å². The Labute approximate surface area is 217 Å². The van der Waals surface area contributed by atoms with Gasteiger partial charge in [-0.2, -0.15) is 18.5 Å². The minimum atomic E-state index is -0.0773. The van der Waals surface area contributed by atoms with Crippen LogP contribution in [0, 0.1) is 6.92 Å². The van der Waals surface area contributed by atoms with Crippen molar-refractivity contribution in [2.75, 3.05) is 45.7 Å². The molecule has 1 N–H and O–H groups in total. The molecule has 8 nitrogen and oxygen atoms in total. The van der Waals surface area contributed by atoms with Crippen LogP contribution >= 0.6 is 24.8 Å². The van der Waals surface area contributed by atoms with Crippen LogP contribution in [0.15, 0.2) is 41.9 Å². The number of methoxy groups -OCH3 is 1. The second-order valence-corrected chi connectivity index (χ2v) is 9.32. The Balaban J connectivity index is 0.00000342. The second kappa shape index (κ2) is 12.2. The van der Waals surface area contributed by atoms with Gasteiger partial charge < -0.3 is 24.6 Å². The number of amides is 1. The first-order valence-corrected chi connectivity index (χ1v) is 12.2. The molecule has 4 rings (SSSR count). The summed E-state index contributed by atoms with van der Waals surface area (Å²) >= 11 is 1.71. The van der Waals surface area contributed by atoms with Crippen LogP contribution in [0.2, 0.25) is 0 Å². The van der Waals surface area contributed by atoms with Crippen molar-refractivity contribution >= 4 is 36.6 Å². The van der Waals surface area contributed by atoms with Gasteiger partial charge in [0, 0.05) is 44.2 Å². The Kier molecular flexibility index (Phi) is 9.36. The fourth-order valence-electron chi connectivity index (χ4n) is 3.99. The van der Waals surface area contributed by atoms with E-state index >= 15 is 0 Å². The number of nitrogens with zero attached hydrogens (tertiary/aromatic N) is 4. The molecule has 0 fully saturated rings. The summed E-state index contributed by atoms with van der Waals surface area (Å²) in [5.74, 6) is 1.36. The van der Waals surface area contributed by atoms with E-state index in [0.717, 1.165) is 29.8 Å². The molecule has 188 valence electrons.